The van der Waals surface area contributed by atoms with Gasteiger partial charge in [-0.2, -0.15) is 5.10 Å². The smallest absolute Gasteiger partial charge is 0.254 e. The minimum absolute atomic E-state index is 0.158. The standard InChI is InChI=1S/C15H25N3O2/c1-11-12(9-18(4)17-11)13(19)16-10-15(20)7-5-14(2,3)6-8-15/h9,20H,5-8,10H2,1-4H3,(H,16,19). The zero-order valence-corrected chi connectivity index (χ0v) is 12.9. The van der Waals surface area contributed by atoms with E-state index < -0.39 is 5.60 Å². The van der Waals surface area contributed by atoms with Gasteiger partial charge >= 0.3 is 0 Å². The van der Waals surface area contributed by atoms with Crippen LogP contribution in [0.3, 0.4) is 0 Å². The van der Waals surface area contributed by atoms with Crippen molar-refractivity contribution in [2.24, 2.45) is 12.5 Å². The first-order valence-electron chi connectivity index (χ1n) is 7.22. The molecule has 0 unspecified atom stereocenters. The van der Waals surface area contributed by atoms with Gasteiger partial charge in [0.05, 0.1) is 16.9 Å². The van der Waals surface area contributed by atoms with Gasteiger partial charge in [0.25, 0.3) is 5.91 Å². The van der Waals surface area contributed by atoms with Crippen molar-refractivity contribution in [3.05, 3.63) is 17.5 Å². The molecule has 1 heterocycles. The van der Waals surface area contributed by atoms with Crippen molar-refractivity contribution in [1.29, 1.82) is 0 Å². The van der Waals surface area contributed by atoms with Crippen LogP contribution in [0.4, 0.5) is 0 Å². The van der Waals surface area contributed by atoms with Crippen molar-refractivity contribution in [3.8, 4) is 0 Å². The second-order valence-corrected chi connectivity index (χ2v) is 6.87. The van der Waals surface area contributed by atoms with Gasteiger partial charge in [0.15, 0.2) is 0 Å². The van der Waals surface area contributed by atoms with Crippen molar-refractivity contribution in [2.75, 3.05) is 6.54 Å². The lowest BCUT2D eigenvalue weighted by Crippen LogP contribution is -2.46. The van der Waals surface area contributed by atoms with Crippen LogP contribution in [-0.4, -0.2) is 32.9 Å². The van der Waals surface area contributed by atoms with Gasteiger partial charge in [-0.05, 0) is 38.0 Å². The molecular formula is C15H25N3O2. The van der Waals surface area contributed by atoms with Crippen molar-refractivity contribution >= 4 is 5.91 Å². The largest absolute Gasteiger partial charge is 0.388 e. The topological polar surface area (TPSA) is 67.2 Å². The molecule has 1 aliphatic carbocycles. The number of hydrogen-bond donors (Lipinski definition) is 2. The monoisotopic (exact) mass is 279 g/mol. The number of aromatic nitrogens is 2. The van der Waals surface area contributed by atoms with Crippen LogP contribution in [0.15, 0.2) is 6.20 Å². The van der Waals surface area contributed by atoms with Crippen LogP contribution in [0.5, 0.6) is 0 Å². The lowest BCUT2D eigenvalue weighted by molar-refractivity contribution is -0.0233. The van der Waals surface area contributed by atoms with E-state index >= 15 is 0 Å². The van der Waals surface area contributed by atoms with Gasteiger partial charge in [0.1, 0.15) is 0 Å². The molecule has 0 aliphatic heterocycles. The maximum atomic E-state index is 12.1. The van der Waals surface area contributed by atoms with E-state index in [-0.39, 0.29) is 5.91 Å². The van der Waals surface area contributed by atoms with Crippen LogP contribution in [0.1, 0.15) is 55.6 Å². The van der Waals surface area contributed by atoms with Crippen molar-refractivity contribution in [1.82, 2.24) is 15.1 Å². The molecule has 1 amide bonds. The Hall–Kier alpha value is -1.36. The van der Waals surface area contributed by atoms with Gasteiger partial charge in [-0.1, -0.05) is 13.8 Å². The van der Waals surface area contributed by atoms with Gasteiger partial charge in [-0.3, -0.25) is 9.48 Å². The summed E-state index contributed by atoms with van der Waals surface area (Å²) < 4.78 is 1.63. The second-order valence-electron chi connectivity index (χ2n) is 6.87. The summed E-state index contributed by atoms with van der Waals surface area (Å²) in [5.41, 5.74) is 0.825. The number of rotatable bonds is 3. The van der Waals surface area contributed by atoms with E-state index in [4.69, 9.17) is 0 Å². The Morgan fingerprint density at radius 3 is 2.50 bits per heavy atom. The van der Waals surface area contributed by atoms with E-state index in [1.54, 1.807) is 17.9 Å². The maximum Gasteiger partial charge on any atom is 0.254 e. The van der Waals surface area contributed by atoms with Crippen LogP contribution in [0, 0.1) is 12.3 Å². The number of aryl methyl sites for hydroxylation is 2. The van der Waals surface area contributed by atoms with Gasteiger partial charge in [0, 0.05) is 19.8 Å². The first kappa shape index (κ1) is 15.0. The average Bonchev–Trinajstić information content (AvgIpc) is 2.70. The maximum absolute atomic E-state index is 12.1. The van der Waals surface area contributed by atoms with E-state index in [1.165, 1.54) is 0 Å². The van der Waals surface area contributed by atoms with Crippen LogP contribution in [-0.2, 0) is 7.05 Å². The number of nitrogens with one attached hydrogen (secondary N) is 1. The van der Waals surface area contributed by atoms with Gasteiger partial charge in [-0.15, -0.1) is 0 Å². The van der Waals surface area contributed by atoms with Gasteiger partial charge in [0.2, 0.25) is 0 Å². The average molecular weight is 279 g/mol. The molecule has 1 aromatic rings. The van der Waals surface area contributed by atoms with Crippen molar-refractivity contribution < 1.29 is 9.90 Å². The van der Waals surface area contributed by atoms with Crippen LogP contribution < -0.4 is 5.32 Å². The Morgan fingerprint density at radius 1 is 1.40 bits per heavy atom. The summed E-state index contributed by atoms with van der Waals surface area (Å²) in [4.78, 5) is 12.1. The highest BCUT2D eigenvalue weighted by Crippen LogP contribution is 2.39. The Bertz CT molecular complexity index is 495. The predicted octanol–water partition coefficient (Wildman–Crippen LogP) is 1.79. The molecule has 0 spiro atoms. The highest BCUT2D eigenvalue weighted by atomic mass is 16.3. The summed E-state index contributed by atoms with van der Waals surface area (Å²) in [5, 5.41) is 17.5. The number of carbonyl (C=O) groups excluding carboxylic acids is 1. The van der Waals surface area contributed by atoms with E-state index in [9.17, 15) is 9.90 Å². The molecule has 0 aromatic carbocycles. The quantitative estimate of drug-likeness (QED) is 0.886. The summed E-state index contributed by atoms with van der Waals surface area (Å²) in [6.45, 7) is 6.58. The molecule has 1 aliphatic rings. The molecule has 2 rings (SSSR count). The zero-order valence-electron chi connectivity index (χ0n) is 12.9. The third-order valence-electron chi connectivity index (χ3n) is 4.37. The lowest BCUT2D eigenvalue weighted by Gasteiger charge is -2.40. The Kier molecular flexibility index (Phi) is 3.91. The molecule has 1 fully saturated rings. The summed E-state index contributed by atoms with van der Waals surface area (Å²) in [7, 11) is 1.79. The number of aliphatic hydroxyl groups is 1. The number of carbonyl (C=O) groups is 1. The number of amides is 1. The number of nitrogens with zero attached hydrogens (tertiary/aromatic N) is 2. The molecule has 112 valence electrons. The molecule has 0 saturated heterocycles. The molecule has 0 radical (unpaired) electrons. The summed E-state index contributed by atoms with van der Waals surface area (Å²) in [6, 6.07) is 0. The second kappa shape index (κ2) is 5.20. The SMILES string of the molecule is Cc1nn(C)cc1C(=O)NCC1(O)CCC(C)(C)CC1. The van der Waals surface area contributed by atoms with Crippen molar-refractivity contribution in [2.45, 2.75) is 52.1 Å². The fourth-order valence-corrected chi connectivity index (χ4v) is 2.73. The minimum Gasteiger partial charge on any atom is -0.388 e. The third kappa shape index (κ3) is 3.39. The van der Waals surface area contributed by atoms with E-state index in [0.717, 1.165) is 25.7 Å². The molecular weight excluding hydrogens is 254 g/mol. The van der Waals surface area contributed by atoms with Crippen LogP contribution in [0.2, 0.25) is 0 Å². The highest BCUT2D eigenvalue weighted by molar-refractivity contribution is 5.95. The Morgan fingerprint density at radius 2 is 2.00 bits per heavy atom. The first-order chi connectivity index (χ1) is 9.21. The number of hydrogen-bond acceptors (Lipinski definition) is 3. The van der Waals surface area contributed by atoms with E-state index in [1.807, 2.05) is 6.92 Å². The molecule has 5 heteroatoms. The normalized spacial score (nSPS) is 20.6. The fraction of sp³-hybridized carbons (Fsp3) is 0.733. The molecule has 2 N–H and O–H groups in total. The van der Waals surface area contributed by atoms with E-state index in [0.29, 0.717) is 23.2 Å². The lowest BCUT2D eigenvalue weighted by atomic mass is 9.71. The summed E-state index contributed by atoms with van der Waals surface area (Å²) in [5.74, 6) is -0.158. The molecule has 0 bridgehead atoms. The molecule has 0 atom stereocenters. The minimum atomic E-state index is -0.763. The third-order valence-corrected chi connectivity index (χ3v) is 4.37. The van der Waals surface area contributed by atoms with Crippen LogP contribution >= 0.6 is 0 Å². The molecule has 5 nitrogen and oxygen atoms in total. The molecule has 1 saturated carbocycles. The predicted molar refractivity (Wildman–Crippen MR) is 77.5 cm³/mol. The molecule has 20 heavy (non-hydrogen) atoms. The first-order valence-corrected chi connectivity index (χ1v) is 7.22. The van der Waals surface area contributed by atoms with Crippen LogP contribution in [0.25, 0.3) is 0 Å². The highest BCUT2D eigenvalue weighted by Gasteiger charge is 2.36. The summed E-state index contributed by atoms with van der Waals surface area (Å²) in [6.07, 6.45) is 5.17. The fourth-order valence-electron chi connectivity index (χ4n) is 2.73. The van der Waals surface area contributed by atoms with Crippen molar-refractivity contribution in [3.63, 3.8) is 0 Å². The van der Waals surface area contributed by atoms with E-state index in [2.05, 4.69) is 24.3 Å². The zero-order chi connectivity index (χ0) is 15.0. The Balaban J connectivity index is 1.92. The van der Waals surface area contributed by atoms with Gasteiger partial charge < -0.3 is 10.4 Å². The molecule has 1 aromatic heterocycles. The van der Waals surface area contributed by atoms with Gasteiger partial charge in [-0.25, -0.2) is 0 Å². The summed E-state index contributed by atoms with van der Waals surface area (Å²) >= 11 is 0. The Labute approximate surface area is 120 Å².